The average molecular weight is 440 g/mol. The van der Waals surface area contributed by atoms with Crippen LogP contribution in [0, 0.1) is 11.8 Å². The Morgan fingerprint density at radius 1 is 1.12 bits per heavy atom. The number of nitrogens with zero attached hydrogens (tertiary/aromatic N) is 1. The van der Waals surface area contributed by atoms with E-state index in [1.165, 1.54) is 14.0 Å². The maximum Gasteiger partial charge on any atom is 0.324 e. The standard InChI is InChI=1S/C23H24N2O7/c1-4-32-15-11-7-8-12(19(15)26)18-16-17(23(2,24-18)22(29)30)21(28)25(20(16)27)13-9-5-6-10-14(13)31-3/h5-11,16-18,24,26H,4H2,1-3H3,(H,29,30)/t16-,17-,18+,23-/m0/s1. The molecule has 2 amide bonds. The van der Waals surface area contributed by atoms with E-state index in [4.69, 9.17) is 9.47 Å². The van der Waals surface area contributed by atoms with Crippen LogP contribution in [0.5, 0.6) is 17.2 Å². The van der Waals surface area contributed by atoms with Crippen LogP contribution < -0.4 is 19.7 Å². The number of rotatable bonds is 6. The van der Waals surface area contributed by atoms with Gasteiger partial charge in [0.2, 0.25) is 11.8 Å². The maximum absolute atomic E-state index is 13.6. The number of carbonyl (C=O) groups excluding carboxylic acids is 2. The fourth-order valence-corrected chi connectivity index (χ4v) is 4.72. The first kappa shape index (κ1) is 21.6. The molecule has 0 radical (unpaired) electrons. The molecule has 2 aliphatic heterocycles. The second-order valence-electron chi connectivity index (χ2n) is 7.94. The number of carboxylic acid groups (broad SMARTS) is 1. The summed E-state index contributed by atoms with van der Waals surface area (Å²) >= 11 is 0. The predicted octanol–water partition coefficient (Wildman–Crippen LogP) is 2.09. The summed E-state index contributed by atoms with van der Waals surface area (Å²) in [6, 6.07) is 10.5. The number of carbonyl (C=O) groups is 3. The number of hydrogen-bond acceptors (Lipinski definition) is 7. The van der Waals surface area contributed by atoms with E-state index in [-0.39, 0.29) is 17.2 Å². The maximum atomic E-state index is 13.6. The molecule has 2 saturated heterocycles. The third-order valence-corrected chi connectivity index (χ3v) is 6.22. The lowest BCUT2D eigenvalue weighted by Gasteiger charge is -2.28. The number of para-hydroxylation sites is 3. The lowest BCUT2D eigenvalue weighted by molar-refractivity contribution is -0.147. The number of methoxy groups -OCH3 is 1. The molecule has 2 aliphatic rings. The summed E-state index contributed by atoms with van der Waals surface area (Å²) in [6.07, 6.45) is 0. The minimum atomic E-state index is -1.73. The summed E-state index contributed by atoms with van der Waals surface area (Å²) in [4.78, 5) is 40.3. The van der Waals surface area contributed by atoms with Gasteiger partial charge in [-0.15, -0.1) is 0 Å². The van der Waals surface area contributed by atoms with Crippen molar-refractivity contribution in [2.24, 2.45) is 11.8 Å². The number of phenols is 1. The van der Waals surface area contributed by atoms with Crippen LogP contribution in [0.2, 0.25) is 0 Å². The van der Waals surface area contributed by atoms with E-state index in [1.54, 1.807) is 49.4 Å². The van der Waals surface area contributed by atoms with Crippen LogP contribution in [0.3, 0.4) is 0 Å². The number of ether oxygens (including phenoxy) is 2. The summed E-state index contributed by atoms with van der Waals surface area (Å²) in [5.74, 6) is -4.36. The van der Waals surface area contributed by atoms with Crippen LogP contribution in [0.1, 0.15) is 25.5 Å². The van der Waals surface area contributed by atoms with Gasteiger partial charge in [0.15, 0.2) is 11.5 Å². The van der Waals surface area contributed by atoms with Crippen molar-refractivity contribution < 1.29 is 34.1 Å². The molecule has 0 aliphatic carbocycles. The number of amides is 2. The first-order valence-electron chi connectivity index (χ1n) is 10.2. The summed E-state index contributed by atoms with van der Waals surface area (Å²) in [7, 11) is 1.42. The van der Waals surface area contributed by atoms with Crippen LogP contribution in [-0.4, -0.2) is 47.3 Å². The molecule has 4 rings (SSSR count). The zero-order chi connectivity index (χ0) is 23.2. The molecule has 2 aromatic rings. The number of aliphatic carboxylic acids is 1. The summed E-state index contributed by atoms with van der Waals surface area (Å²) in [5, 5.41) is 23.7. The van der Waals surface area contributed by atoms with Crippen molar-refractivity contribution >= 4 is 23.5 Å². The molecule has 2 aromatic carbocycles. The number of imide groups is 1. The molecule has 0 unspecified atom stereocenters. The summed E-state index contributed by atoms with van der Waals surface area (Å²) in [6.45, 7) is 3.46. The Morgan fingerprint density at radius 3 is 2.47 bits per heavy atom. The van der Waals surface area contributed by atoms with Crippen LogP contribution in [-0.2, 0) is 14.4 Å². The van der Waals surface area contributed by atoms with Gasteiger partial charge in [-0.05, 0) is 32.0 Å². The van der Waals surface area contributed by atoms with Gasteiger partial charge in [-0.1, -0.05) is 24.3 Å². The van der Waals surface area contributed by atoms with E-state index in [1.807, 2.05) is 0 Å². The molecule has 9 nitrogen and oxygen atoms in total. The first-order chi connectivity index (χ1) is 15.3. The van der Waals surface area contributed by atoms with E-state index in [2.05, 4.69) is 5.32 Å². The SMILES string of the molecule is CCOc1cccc([C@H]2N[C@](C)(C(=O)O)[C@@H]3C(=O)N(c4ccccc4OC)C(=O)[C@H]23)c1O. The predicted molar refractivity (Wildman–Crippen MR) is 114 cm³/mol. The van der Waals surface area contributed by atoms with Crippen molar-refractivity contribution in [2.45, 2.75) is 25.4 Å². The first-order valence-corrected chi connectivity index (χ1v) is 10.2. The molecular formula is C23H24N2O7. The van der Waals surface area contributed by atoms with Gasteiger partial charge < -0.3 is 19.7 Å². The molecule has 32 heavy (non-hydrogen) atoms. The van der Waals surface area contributed by atoms with Gasteiger partial charge in [-0.25, -0.2) is 4.90 Å². The number of carboxylic acids is 1. The molecule has 0 bridgehead atoms. The Kier molecular flexibility index (Phi) is 5.29. The fourth-order valence-electron chi connectivity index (χ4n) is 4.72. The van der Waals surface area contributed by atoms with Crippen molar-refractivity contribution in [3.63, 3.8) is 0 Å². The normalized spacial score (nSPS) is 26.8. The summed E-state index contributed by atoms with van der Waals surface area (Å²) in [5.41, 5.74) is -1.19. The van der Waals surface area contributed by atoms with Gasteiger partial charge in [0.25, 0.3) is 0 Å². The van der Waals surface area contributed by atoms with Gasteiger partial charge >= 0.3 is 5.97 Å². The lowest BCUT2D eigenvalue weighted by atomic mass is 9.80. The van der Waals surface area contributed by atoms with Gasteiger partial charge in [-0.2, -0.15) is 0 Å². The smallest absolute Gasteiger partial charge is 0.324 e. The van der Waals surface area contributed by atoms with E-state index < -0.39 is 41.2 Å². The highest BCUT2D eigenvalue weighted by Crippen LogP contribution is 2.52. The van der Waals surface area contributed by atoms with E-state index >= 15 is 0 Å². The van der Waals surface area contributed by atoms with Crippen LogP contribution >= 0.6 is 0 Å². The highest BCUT2D eigenvalue weighted by Gasteiger charge is 2.67. The van der Waals surface area contributed by atoms with Crippen molar-refractivity contribution in [3.8, 4) is 17.2 Å². The minimum Gasteiger partial charge on any atom is -0.504 e. The zero-order valence-corrected chi connectivity index (χ0v) is 17.9. The number of hydrogen-bond donors (Lipinski definition) is 3. The molecule has 168 valence electrons. The summed E-state index contributed by atoms with van der Waals surface area (Å²) < 4.78 is 10.8. The highest BCUT2D eigenvalue weighted by molar-refractivity contribution is 6.24. The Balaban J connectivity index is 1.85. The Labute approximate surface area is 184 Å². The number of benzene rings is 2. The number of aromatic hydroxyl groups is 1. The van der Waals surface area contributed by atoms with Gasteiger partial charge in [0, 0.05) is 11.6 Å². The average Bonchev–Trinajstić information content (AvgIpc) is 3.23. The second kappa shape index (κ2) is 7.83. The number of anilines is 1. The van der Waals surface area contributed by atoms with E-state index in [0.717, 1.165) is 4.90 Å². The Bertz CT molecular complexity index is 1100. The topological polar surface area (TPSA) is 125 Å². The molecule has 9 heteroatoms. The quantitative estimate of drug-likeness (QED) is 0.583. The number of fused-ring (bicyclic) bond motifs is 1. The van der Waals surface area contributed by atoms with Crippen LogP contribution in [0.4, 0.5) is 5.69 Å². The molecule has 2 heterocycles. The molecule has 3 N–H and O–H groups in total. The van der Waals surface area contributed by atoms with Crippen LogP contribution in [0.25, 0.3) is 0 Å². The van der Waals surface area contributed by atoms with Crippen LogP contribution in [0.15, 0.2) is 42.5 Å². The van der Waals surface area contributed by atoms with Crippen molar-refractivity contribution in [1.29, 1.82) is 0 Å². The monoisotopic (exact) mass is 440 g/mol. The van der Waals surface area contributed by atoms with Gasteiger partial charge in [0.1, 0.15) is 11.3 Å². The molecule has 0 spiro atoms. The molecule has 4 atom stereocenters. The van der Waals surface area contributed by atoms with Gasteiger partial charge in [0.05, 0.1) is 31.2 Å². The fraction of sp³-hybridized carbons (Fsp3) is 0.348. The Morgan fingerprint density at radius 2 is 1.81 bits per heavy atom. The number of phenolic OH excluding ortho intramolecular Hbond substituents is 1. The lowest BCUT2D eigenvalue weighted by Crippen LogP contribution is -2.53. The highest BCUT2D eigenvalue weighted by atomic mass is 16.5. The van der Waals surface area contributed by atoms with E-state index in [9.17, 15) is 24.6 Å². The third kappa shape index (κ3) is 3.00. The molecule has 2 fully saturated rings. The van der Waals surface area contributed by atoms with E-state index in [0.29, 0.717) is 17.9 Å². The van der Waals surface area contributed by atoms with Crippen molar-refractivity contribution in [1.82, 2.24) is 5.32 Å². The molecule has 0 aromatic heterocycles. The van der Waals surface area contributed by atoms with Crippen molar-refractivity contribution in [2.75, 3.05) is 18.6 Å². The Hall–Kier alpha value is -3.59. The molecular weight excluding hydrogens is 416 g/mol. The van der Waals surface area contributed by atoms with Gasteiger partial charge in [-0.3, -0.25) is 19.7 Å². The third-order valence-electron chi connectivity index (χ3n) is 6.22. The number of nitrogens with one attached hydrogen (secondary N) is 1. The second-order valence-corrected chi connectivity index (χ2v) is 7.94. The largest absolute Gasteiger partial charge is 0.504 e. The molecule has 0 saturated carbocycles. The zero-order valence-electron chi connectivity index (χ0n) is 17.9. The minimum absolute atomic E-state index is 0.198. The van der Waals surface area contributed by atoms with Crippen molar-refractivity contribution in [3.05, 3.63) is 48.0 Å².